The predicted molar refractivity (Wildman–Crippen MR) is 384 cm³/mol. The summed E-state index contributed by atoms with van der Waals surface area (Å²) >= 11 is 0. The zero-order valence-electron chi connectivity index (χ0n) is 58.5. The maximum Gasteiger partial charge on any atom is 0.416 e. The molecule has 4 fully saturated rings. The molecule has 104 heavy (non-hydrogen) atoms. The number of benzene rings is 8. The molecule has 0 radical (unpaired) electrons. The first kappa shape index (κ1) is 74.2. The highest BCUT2D eigenvalue weighted by molar-refractivity contribution is 5.64. The maximum atomic E-state index is 13.4. The Balaban J connectivity index is 0.000000124. The van der Waals surface area contributed by atoms with E-state index < -0.39 is 59.2 Å². The molecule has 0 amide bonds. The smallest absolute Gasteiger partial charge is 0.393 e. The Kier molecular flexibility index (Phi) is 21.7. The van der Waals surface area contributed by atoms with Gasteiger partial charge in [0.05, 0.1) is 58.6 Å². The van der Waals surface area contributed by atoms with Crippen molar-refractivity contribution in [2.45, 2.75) is 161 Å². The average Bonchev–Trinajstić information content (AvgIpc) is 1.53. The van der Waals surface area contributed by atoms with Crippen LogP contribution in [0.15, 0.2) is 194 Å². The summed E-state index contributed by atoms with van der Waals surface area (Å²) < 4.78 is 158. The van der Waals surface area contributed by atoms with Gasteiger partial charge in [0, 0.05) is 34.7 Å². The van der Waals surface area contributed by atoms with Gasteiger partial charge in [-0.3, -0.25) is 0 Å². The number of aliphatic hydroxyl groups is 2. The number of alkyl halides is 12. The monoisotopic (exact) mass is 1440 g/mol. The number of rotatable bonds is 10. The van der Waals surface area contributed by atoms with Crippen molar-refractivity contribution < 1.29 is 62.9 Å². The third kappa shape index (κ3) is 16.2. The van der Waals surface area contributed by atoms with Crippen LogP contribution >= 0.6 is 0 Å². The fraction of sp³-hybridized carbons (Fsp3) is 0.429. The van der Waals surface area contributed by atoms with Crippen LogP contribution in [0.25, 0.3) is 0 Å². The Bertz CT molecular complexity index is 4070. The lowest BCUT2D eigenvalue weighted by atomic mass is 9.75. The van der Waals surface area contributed by atoms with Crippen molar-refractivity contribution >= 4 is 22.7 Å². The minimum atomic E-state index is -4.35. The number of hydrogen-bond acceptors (Lipinski definition) is 8. The van der Waals surface area contributed by atoms with Crippen LogP contribution in [-0.4, -0.2) is 73.0 Å². The molecule has 16 atom stereocenters. The molecule has 552 valence electrons. The molecule has 4 unspecified atom stereocenters. The molecular weight excluding hydrogens is 1350 g/mol. The number of anilines is 4. The standard InChI is InChI=1S/C25H31F3N2.C21H23F3N2.2C19H18F3NO/c1-30(2)13-7-6-8-17-14-20-21-16-19(25(26,27)28)11-12-23(21)29-24(22(20)15-17)18-9-4-3-5-10-18;1-26(2)18-11-9-15-19(18)16-12-14(21(22,23)24)8-10-17(16)25-20(15)13-6-4-3-5-7-13;2*20-19(21,22)12-6-7-17-15(8-12)14-9-13(24)10-16(14)18(23-17)11-4-2-1-3-5-11/h3-5,9-12,16-17,20,22,24,29H,6-8,13-15H2,1-2H3;3-8,10,12,15,18-20,25H,9,11H2,1-2H3;2*1-8,13-14,16,18,23-24H,9-10H2/t17-,20?,22+,24-;15-,18+,19?,20-;13-,14?,16+,18+;13-,14?,16-,18+/m0101/s1. The van der Waals surface area contributed by atoms with Gasteiger partial charge < -0.3 is 41.3 Å². The zero-order valence-corrected chi connectivity index (χ0v) is 58.5. The molecule has 4 heterocycles. The van der Waals surface area contributed by atoms with E-state index in [1.807, 2.05) is 111 Å². The van der Waals surface area contributed by atoms with Crippen LogP contribution in [0, 0.1) is 29.6 Å². The molecule has 16 rings (SSSR count). The molecule has 20 heteroatoms. The van der Waals surface area contributed by atoms with Gasteiger partial charge in [0.15, 0.2) is 0 Å². The molecule has 4 aliphatic heterocycles. The molecule has 0 aromatic heterocycles. The number of hydrogen-bond donors (Lipinski definition) is 6. The fourth-order valence-electron chi connectivity index (χ4n) is 18.7. The molecule has 0 saturated heterocycles. The molecule has 8 nitrogen and oxygen atoms in total. The van der Waals surface area contributed by atoms with Gasteiger partial charge in [-0.1, -0.05) is 134 Å². The lowest BCUT2D eigenvalue weighted by Gasteiger charge is -2.41. The highest BCUT2D eigenvalue weighted by Crippen LogP contribution is 2.59. The quantitative estimate of drug-likeness (QED) is 0.0596. The summed E-state index contributed by atoms with van der Waals surface area (Å²) in [5.41, 5.74) is 8.52. The first-order chi connectivity index (χ1) is 49.5. The Labute approximate surface area is 600 Å². The number of unbranched alkanes of at least 4 members (excludes halogenated alkanes) is 1. The molecule has 8 aromatic carbocycles. The van der Waals surface area contributed by atoms with Crippen LogP contribution in [-0.2, 0) is 24.7 Å². The van der Waals surface area contributed by atoms with Gasteiger partial charge in [-0.25, -0.2) is 0 Å². The van der Waals surface area contributed by atoms with E-state index in [1.165, 1.54) is 72.5 Å². The van der Waals surface area contributed by atoms with Gasteiger partial charge >= 0.3 is 24.7 Å². The number of aliphatic hydroxyl groups excluding tert-OH is 2. The molecule has 4 aliphatic carbocycles. The van der Waals surface area contributed by atoms with E-state index in [0.29, 0.717) is 54.6 Å². The summed E-state index contributed by atoms with van der Waals surface area (Å²) in [4.78, 5) is 4.38. The second kappa shape index (κ2) is 30.4. The van der Waals surface area contributed by atoms with Crippen LogP contribution in [0.5, 0.6) is 0 Å². The number of fused-ring (bicyclic) bond motifs is 12. The number of nitrogens with zero attached hydrogens (tertiary/aromatic N) is 2. The van der Waals surface area contributed by atoms with Gasteiger partial charge in [0.2, 0.25) is 0 Å². The minimum Gasteiger partial charge on any atom is -0.393 e. The molecule has 8 aromatic rings. The Morgan fingerprint density at radius 2 is 0.673 bits per heavy atom. The van der Waals surface area contributed by atoms with Crippen molar-refractivity contribution in [3.8, 4) is 0 Å². The summed E-state index contributed by atoms with van der Waals surface area (Å²) in [5, 5.41) is 34.2. The number of likely N-dealkylation sites (N-methyl/N-ethyl adjacent to an activating group) is 1. The summed E-state index contributed by atoms with van der Waals surface area (Å²) in [6, 6.07) is 57.2. The van der Waals surface area contributed by atoms with E-state index >= 15 is 0 Å². The summed E-state index contributed by atoms with van der Waals surface area (Å²) in [7, 11) is 8.24. The van der Waals surface area contributed by atoms with E-state index in [1.54, 1.807) is 12.1 Å². The summed E-state index contributed by atoms with van der Waals surface area (Å²) in [5.74, 6) is 1.59. The highest BCUT2D eigenvalue weighted by Gasteiger charge is 2.50. The van der Waals surface area contributed by atoms with Crippen LogP contribution in [0.4, 0.5) is 75.4 Å². The third-order valence-electron chi connectivity index (χ3n) is 23.4. The molecule has 0 spiro atoms. The first-order valence-corrected chi connectivity index (χ1v) is 36.3. The zero-order chi connectivity index (χ0) is 73.6. The Morgan fingerprint density at radius 1 is 0.356 bits per heavy atom. The second-order valence-electron chi connectivity index (χ2n) is 30.3. The normalized spacial score (nSPS) is 27.7. The SMILES string of the molecule is CN(C)CCCC[C@H]1CC2c3cc(C(F)(F)F)ccc3N[C@@H](c3ccccc3)[C@@H]2C1.CN(C)[C@H]1CC[C@@H]2C1c1cc(C(F)(F)F)ccc1N[C@@H]2c1ccccc1.O[C@@H]1CC2c3cc(C(F)(F)F)ccc3N[C@@H](c3ccccc3)[C@@H]2C1.O[C@H]1CC2c3cc(C(F)(F)F)ccc3N[C@H](c3ccccc3)[C@@H]2C1. The lowest BCUT2D eigenvalue weighted by molar-refractivity contribution is -0.138. The van der Waals surface area contributed by atoms with E-state index in [4.69, 9.17) is 0 Å². The van der Waals surface area contributed by atoms with Crippen molar-refractivity contribution in [3.05, 3.63) is 261 Å². The van der Waals surface area contributed by atoms with Gasteiger partial charge in [-0.15, -0.1) is 0 Å². The Morgan fingerprint density at radius 3 is 1.01 bits per heavy atom. The molecule has 4 saturated carbocycles. The van der Waals surface area contributed by atoms with E-state index in [0.717, 1.165) is 95.8 Å². The van der Waals surface area contributed by atoms with Crippen LogP contribution in [0.2, 0.25) is 0 Å². The van der Waals surface area contributed by atoms with Crippen LogP contribution in [0.1, 0.15) is 185 Å². The van der Waals surface area contributed by atoms with E-state index in [9.17, 15) is 62.9 Å². The van der Waals surface area contributed by atoms with Gasteiger partial charge in [-0.2, -0.15) is 52.7 Å². The van der Waals surface area contributed by atoms with Crippen LogP contribution < -0.4 is 21.3 Å². The largest absolute Gasteiger partial charge is 0.416 e. The third-order valence-corrected chi connectivity index (χ3v) is 23.4. The van der Waals surface area contributed by atoms with Crippen molar-refractivity contribution in [3.63, 3.8) is 0 Å². The van der Waals surface area contributed by atoms with E-state index in [2.05, 4.69) is 69.4 Å². The van der Waals surface area contributed by atoms with Crippen molar-refractivity contribution in [1.29, 1.82) is 0 Å². The first-order valence-electron chi connectivity index (χ1n) is 36.3. The van der Waals surface area contributed by atoms with Crippen molar-refractivity contribution in [2.24, 2.45) is 29.6 Å². The predicted octanol–water partition coefficient (Wildman–Crippen LogP) is 21.5. The molecule has 6 N–H and O–H groups in total. The fourth-order valence-corrected chi connectivity index (χ4v) is 18.7. The summed E-state index contributed by atoms with van der Waals surface area (Å²) in [6.45, 7) is 1.09. The average molecular weight is 1440 g/mol. The lowest BCUT2D eigenvalue weighted by Crippen LogP contribution is -2.37. The van der Waals surface area contributed by atoms with Crippen LogP contribution in [0.3, 0.4) is 0 Å². The maximum absolute atomic E-state index is 13.4. The minimum absolute atomic E-state index is 0.0117. The van der Waals surface area contributed by atoms with Crippen molar-refractivity contribution in [2.75, 3.05) is 56.0 Å². The number of halogens is 12. The Hall–Kier alpha value is -8.04. The highest BCUT2D eigenvalue weighted by atomic mass is 19.4. The molecular formula is C84H90F12N6O2. The molecule has 8 aliphatic rings. The van der Waals surface area contributed by atoms with Gasteiger partial charge in [0.1, 0.15) is 0 Å². The second-order valence-corrected chi connectivity index (χ2v) is 30.3. The van der Waals surface area contributed by atoms with Gasteiger partial charge in [-0.05, 0) is 257 Å². The number of nitrogens with one attached hydrogen (secondary N) is 4. The van der Waals surface area contributed by atoms with Gasteiger partial charge in [0.25, 0.3) is 0 Å². The molecule has 0 bridgehead atoms. The topological polar surface area (TPSA) is 95.1 Å². The summed E-state index contributed by atoms with van der Waals surface area (Å²) in [6.07, 6.45) is -8.39. The van der Waals surface area contributed by atoms with E-state index in [-0.39, 0.29) is 65.7 Å². The van der Waals surface area contributed by atoms with Crippen molar-refractivity contribution in [1.82, 2.24) is 9.80 Å².